The highest BCUT2D eigenvalue weighted by molar-refractivity contribution is 5.59. The number of carbonyl (C=O) groups is 1. The molecule has 0 saturated carbocycles. The number of rotatable bonds is 5. The van der Waals surface area contributed by atoms with Gasteiger partial charge in [0.05, 0.1) is 20.3 Å². The summed E-state index contributed by atoms with van der Waals surface area (Å²) in [4.78, 5) is 11.0. The van der Waals surface area contributed by atoms with Crippen molar-refractivity contribution >= 4 is 6.16 Å². The Hall–Kier alpha value is -1.59. The second-order valence-electron chi connectivity index (χ2n) is 2.91. The van der Waals surface area contributed by atoms with Crippen molar-refractivity contribution < 1.29 is 24.1 Å². The van der Waals surface area contributed by atoms with Gasteiger partial charge in [0.25, 0.3) is 0 Å². The Morgan fingerprint density at radius 3 is 2.62 bits per heavy atom. The van der Waals surface area contributed by atoms with Crippen LogP contribution in [0.3, 0.4) is 0 Å². The number of aliphatic hydroxyl groups is 1. The Morgan fingerprint density at radius 1 is 1.38 bits per heavy atom. The SMILES string of the molecule is COC(=O)O[C@H](OCCO)c1ccccc1. The van der Waals surface area contributed by atoms with Crippen molar-refractivity contribution in [2.45, 2.75) is 6.29 Å². The summed E-state index contributed by atoms with van der Waals surface area (Å²) >= 11 is 0. The van der Waals surface area contributed by atoms with Gasteiger partial charge in [-0.2, -0.15) is 0 Å². The Morgan fingerprint density at radius 2 is 2.06 bits per heavy atom. The van der Waals surface area contributed by atoms with Gasteiger partial charge in [-0.3, -0.25) is 0 Å². The Balaban J connectivity index is 2.67. The van der Waals surface area contributed by atoms with Gasteiger partial charge in [-0.25, -0.2) is 4.79 Å². The molecular weight excluding hydrogens is 212 g/mol. The molecule has 1 rings (SSSR count). The van der Waals surface area contributed by atoms with Crippen molar-refractivity contribution in [2.24, 2.45) is 0 Å². The maximum atomic E-state index is 11.0. The lowest BCUT2D eigenvalue weighted by Crippen LogP contribution is -2.16. The number of carbonyl (C=O) groups excluding carboxylic acids is 1. The van der Waals surface area contributed by atoms with E-state index >= 15 is 0 Å². The fourth-order valence-corrected chi connectivity index (χ4v) is 1.10. The van der Waals surface area contributed by atoms with Crippen LogP contribution in [0.4, 0.5) is 4.79 Å². The molecule has 1 N–H and O–H groups in total. The maximum absolute atomic E-state index is 11.0. The van der Waals surface area contributed by atoms with E-state index in [4.69, 9.17) is 14.6 Å². The van der Waals surface area contributed by atoms with Crippen LogP contribution in [-0.4, -0.2) is 31.6 Å². The van der Waals surface area contributed by atoms with Gasteiger partial charge in [0.15, 0.2) is 0 Å². The van der Waals surface area contributed by atoms with Gasteiger partial charge in [-0.1, -0.05) is 30.3 Å². The molecule has 16 heavy (non-hydrogen) atoms. The van der Waals surface area contributed by atoms with Gasteiger partial charge in [0.1, 0.15) is 0 Å². The highest BCUT2D eigenvalue weighted by Crippen LogP contribution is 2.18. The quantitative estimate of drug-likeness (QED) is 0.608. The predicted molar refractivity (Wildman–Crippen MR) is 55.7 cm³/mol. The van der Waals surface area contributed by atoms with Crippen molar-refractivity contribution in [1.82, 2.24) is 0 Å². The molecule has 0 heterocycles. The topological polar surface area (TPSA) is 65.0 Å². The molecule has 0 aliphatic heterocycles. The number of hydrogen-bond donors (Lipinski definition) is 1. The van der Waals surface area contributed by atoms with Gasteiger partial charge >= 0.3 is 6.16 Å². The smallest absolute Gasteiger partial charge is 0.438 e. The zero-order valence-electron chi connectivity index (χ0n) is 8.96. The molecule has 0 amide bonds. The van der Waals surface area contributed by atoms with Crippen LogP contribution in [0, 0.1) is 0 Å². The first kappa shape index (κ1) is 12.5. The van der Waals surface area contributed by atoms with Crippen molar-refractivity contribution in [3.05, 3.63) is 35.9 Å². The summed E-state index contributed by atoms with van der Waals surface area (Å²) in [5.74, 6) is 0. The number of hydrogen-bond acceptors (Lipinski definition) is 5. The molecule has 0 spiro atoms. The summed E-state index contributed by atoms with van der Waals surface area (Å²) in [6.07, 6.45) is -1.69. The van der Waals surface area contributed by atoms with E-state index in [-0.39, 0.29) is 13.2 Å². The Labute approximate surface area is 93.6 Å². The van der Waals surface area contributed by atoms with Gasteiger partial charge < -0.3 is 19.3 Å². The molecule has 1 aromatic rings. The van der Waals surface area contributed by atoms with Gasteiger partial charge in [-0.05, 0) is 0 Å². The van der Waals surface area contributed by atoms with Crippen LogP contribution in [0.25, 0.3) is 0 Å². The van der Waals surface area contributed by atoms with Crippen molar-refractivity contribution in [1.29, 1.82) is 0 Å². The normalized spacial score (nSPS) is 11.9. The third-order valence-electron chi connectivity index (χ3n) is 1.80. The van der Waals surface area contributed by atoms with Crippen LogP contribution in [0.2, 0.25) is 0 Å². The first-order chi connectivity index (χ1) is 7.77. The van der Waals surface area contributed by atoms with Crippen LogP contribution in [0.1, 0.15) is 11.9 Å². The second-order valence-corrected chi connectivity index (χ2v) is 2.91. The molecule has 1 aromatic carbocycles. The van der Waals surface area contributed by atoms with Crippen LogP contribution >= 0.6 is 0 Å². The first-order valence-electron chi connectivity index (χ1n) is 4.80. The molecule has 0 saturated heterocycles. The lowest BCUT2D eigenvalue weighted by Gasteiger charge is -2.17. The Bertz CT molecular complexity index is 311. The molecule has 0 aliphatic rings. The van der Waals surface area contributed by atoms with Crippen molar-refractivity contribution in [3.8, 4) is 0 Å². The maximum Gasteiger partial charge on any atom is 0.510 e. The summed E-state index contributed by atoms with van der Waals surface area (Å²) in [5, 5.41) is 8.66. The van der Waals surface area contributed by atoms with Crippen molar-refractivity contribution in [2.75, 3.05) is 20.3 Å². The van der Waals surface area contributed by atoms with Gasteiger partial charge in [-0.15, -0.1) is 0 Å². The minimum Gasteiger partial charge on any atom is -0.438 e. The van der Waals surface area contributed by atoms with E-state index in [1.165, 1.54) is 7.11 Å². The fraction of sp³-hybridized carbons (Fsp3) is 0.364. The number of methoxy groups -OCH3 is 1. The van der Waals surface area contributed by atoms with Crippen LogP contribution in [0.5, 0.6) is 0 Å². The molecule has 5 heteroatoms. The zero-order valence-corrected chi connectivity index (χ0v) is 8.96. The van der Waals surface area contributed by atoms with E-state index in [1.54, 1.807) is 24.3 Å². The zero-order chi connectivity index (χ0) is 11.8. The Kier molecular flexibility index (Phi) is 5.31. The third kappa shape index (κ3) is 3.88. The molecular formula is C11H14O5. The third-order valence-corrected chi connectivity index (χ3v) is 1.80. The molecule has 5 nitrogen and oxygen atoms in total. The first-order valence-corrected chi connectivity index (χ1v) is 4.80. The van der Waals surface area contributed by atoms with Crippen LogP contribution in [-0.2, 0) is 14.2 Å². The molecule has 0 radical (unpaired) electrons. The van der Waals surface area contributed by atoms with E-state index < -0.39 is 12.4 Å². The minimum absolute atomic E-state index is 0.0799. The molecule has 1 atom stereocenters. The van der Waals surface area contributed by atoms with E-state index in [0.29, 0.717) is 5.56 Å². The van der Waals surface area contributed by atoms with E-state index in [1.807, 2.05) is 6.07 Å². The van der Waals surface area contributed by atoms with Crippen LogP contribution in [0.15, 0.2) is 30.3 Å². The van der Waals surface area contributed by atoms with E-state index in [2.05, 4.69) is 4.74 Å². The highest BCUT2D eigenvalue weighted by Gasteiger charge is 2.16. The molecule has 88 valence electrons. The summed E-state index contributed by atoms with van der Waals surface area (Å²) < 4.78 is 14.4. The van der Waals surface area contributed by atoms with Gasteiger partial charge in [0, 0.05) is 5.56 Å². The lowest BCUT2D eigenvalue weighted by molar-refractivity contribution is -0.129. The van der Waals surface area contributed by atoms with E-state index in [0.717, 1.165) is 0 Å². The summed E-state index contributed by atoms with van der Waals surface area (Å²) in [6.45, 7) is -0.0651. The van der Waals surface area contributed by atoms with Gasteiger partial charge in [0.2, 0.25) is 6.29 Å². The molecule has 0 aliphatic carbocycles. The average molecular weight is 226 g/mol. The predicted octanol–water partition coefficient (Wildman–Crippen LogP) is 1.48. The fourth-order valence-electron chi connectivity index (χ4n) is 1.10. The molecule has 0 fully saturated rings. The number of ether oxygens (including phenoxy) is 3. The number of aliphatic hydroxyl groups excluding tert-OH is 1. The van der Waals surface area contributed by atoms with Crippen LogP contribution < -0.4 is 0 Å². The molecule has 0 unspecified atom stereocenters. The minimum atomic E-state index is -0.860. The summed E-state index contributed by atoms with van der Waals surface area (Å²) in [6, 6.07) is 8.94. The van der Waals surface area contributed by atoms with E-state index in [9.17, 15) is 4.79 Å². The summed E-state index contributed by atoms with van der Waals surface area (Å²) in [5.41, 5.74) is 0.682. The molecule has 0 aromatic heterocycles. The standard InChI is InChI=1S/C11H14O5/c1-14-11(13)16-10(15-8-7-12)9-5-3-2-4-6-9/h2-6,10,12H,7-8H2,1H3/t10-/m0/s1. The van der Waals surface area contributed by atoms with Crippen molar-refractivity contribution in [3.63, 3.8) is 0 Å². The summed E-state index contributed by atoms with van der Waals surface area (Å²) in [7, 11) is 1.22. The lowest BCUT2D eigenvalue weighted by atomic mass is 10.2. The second kappa shape index (κ2) is 6.81. The highest BCUT2D eigenvalue weighted by atomic mass is 16.8. The number of benzene rings is 1. The largest absolute Gasteiger partial charge is 0.510 e. The monoisotopic (exact) mass is 226 g/mol. The average Bonchev–Trinajstić information content (AvgIpc) is 2.35. The molecule has 0 bridgehead atoms.